The topological polar surface area (TPSA) is 47.6 Å². The van der Waals surface area contributed by atoms with Crippen LogP contribution in [0.25, 0.3) is 6.08 Å². The zero-order chi connectivity index (χ0) is 27.5. The van der Waals surface area contributed by atoms with Crippen LogP contribution in [0.3, 0.4) is 0 Å². The summed E-state index contributed by atoms with van der Waals surface area (Å²) in [5.41, 5.74) is 6.44. The largest absolute Gasteiger partial charge is 0.496 e. The number of para-hydroxylation sites is 1. The van der Waals surface area contributed by atoms with Gasteiger partial charge in [-0.3, -0.25) is 4.79 Å². The molecule has 0 aliphatic carbocycles. The Morgan fingerprint density at radius 1 is 0.974 bits per heavy atom. The Morgan fingerprint density at radius 2 is 1.77 bits per heavy atom. The summed E-state index contributed by atoms with van der Waals surface area (Å²) in [4.78, 5) is 15.3. The van der Waals surface area contributed by atoms with Crippen LogP contribution in [-0.4, -0.2) is 12.9 Å². The van der Waals surface area contributed by atoms with Crippen LogP contribution in [0.1, 0.15) is 52.4 Å². The van der Waals surface area contributed by atoms with Gasteiger partial charge in [-0.15, -0.1) is 0 Å². The molecule has 1 aliphatic rings. The van der Waals surface area contributed by atoms with E-state index in [4.69, 9.17) is 21.1 Å². The third kappa shape index (κ3) is 6.00. The zero-order valence-electron chi connectivity index (χ0n) is 22.4. The minimum Gasteiger partial charge on any atom is -0.496 e. The summed E-state index contributed by atoms with van der Waals surface area (Å²) in [6, 6.07) is 23.7. The van der Waals surface area contributed by atoms with Crippen LogP contribution >= 0.6 is 23.4 Å². The number of hydrogen-bond donors (Lipinski definition) is 1. The Balaban J connectivity index is 1.32. The SMILES string of the molecule is COc1ccc(/C=C/C(=O)c2ccc3c(c2)Nc2ccccc2S3)cc1COc1cc(C)c(Cl)cc1C(C)C. The van der Waals surface area contributed by atoms with Crippen molar-refractivity contribution in [3.63, 3.8) is 0 Å². The second-order valence-corrected chi connectivity index (χ2v) is 11.3. The van der Waals surface area contributed by atoms with Crippen LogP contribution in [0.2, 0.25) is 5.02 Å². The number of carbonyl (C=O) groups excluding carboxylic acids is 1. The summed E-state index contributed by atoms with van der Waals surface area (Å²) in [7, 11) is 1.64. The number of methoxy groups -OCH3 is 1. The van der Waals surface area contributed by atoms with Gasteiger partial charge in [-0.1, -0.05) is 61.5 Å². The molecule has 1 heterocycles. The van der Waals surface area contributed by atoms with E-state index in [0.29, 0.717) is 12.2 Å². The Kier molecular flexibility index (Phi) is 8.01. The fraction of sp³-hybridized carbons (Fsp3) is 0.182. The first-order chi connectivity index (χ1) is 18.8. The van der Waals surface area contributed by atoms with Crippen LogP contribution in [0, 0.1) is 6.92 Å². The van der Waals surface area contributed by atoms with E-state index in [2.05, 4.69) is 25.2 Å². The number of allylic oxidation sites excluding steroid dienone is 1. The van der Waals surface area contributed by atoms with Crippen molar-refractivity contribution >= 4 is 46.6 Å². The molecule has 0 bridgehead atoms. The third-order valence-corrected chi connectivity index (χ3v) is 8.23. The van der Waals surface area contributed by atoms with Crippen molar-refractivity contribution in [1.29, 1.82) is 0 Å². The van der Waals surface area contributed by atoms with Gasteiger partial charge in [-0.25, -0.2) is 0 Å². The van der Waals surface area contributed by atoms with E-state index in [1.165, 1.54) is 4.90 Å². The lowest BCUT2D eigenvalue weighted by molar-refractivity contribution is 0.104. The van der Waals surface area contributed by atoms with Crippen molar-refractivity contribution in [2.24, 2.45) is 0 Å². The van der Waals surface area contributed by atoms with Gasteiger partial charge < -0.3 is 14.8 Å². The molecule has 1 N–H and O–H groups in total. The highest BCUT2D eigenvalue weighted by Crippen LogP contribution is 2.44. The van der Waals surface area contributed by atoms with E-state index in [-0.39, 0.29) is 11.7 Å². The number of nitrogens with one attached hydrogen (secondary N) is 1. The number of ketones is 1. The standard InChI is InChI=1S/C33H30ClNO3S/c1-20(2)25-18-26(34)21(3)15-31(25)38-19-24-16-22(10-13-30(24)37-4)9-12-29(36)23-11-14-33-28(17-23)35-27-7-5-6-8-32(27)39-33/h5-18,20,35H,19H2,1-4H3/b12-9+. The lowest BCUT2D eigenvalue weighted by Crippen LogP contribution is -2.03. The van der Waals surface area contributed by atoms with Gasteiger partial charge in [-0.05, 0) is 90.2 Å². The molecule has 0 aromatic heterocycles. The summed E-state index contributed by atoms with van der Waals surface area (Å²) in [6.45, 7) is 6.54. The van der Waals surface area contributed by atoms with Gasteiger partial charge >= 0.3 is 0 Å². The maximum absolute atomic E-state index is 13.0. The van der Waals surface area contributed by atoms with Gasteiger partial charge in [0.25, 0.3) is 0 Å². The van der Waals surface area contributed by atoms with Gasteiger partial charge in [0.05, 0.1) is 18.5 Å². The van der Waals surface area contributed by atoms with Crippen LogP contribution < -0.4 is 14.8 Å². The Bertz CT molecular complexity index is 1580. The average molecular weight is 556 g/mol. The molecule has 198 valence electrons. The molecule has 6 heteroatoms. The summed E-state index contributed by atoms with van der Waals surface area (Å²) in [5.74, 6) is 1.75. The smallest absolute Gasteiger partial charge is 0.185 e. The van der Waals surface area contributed by atoms with Crippen molar-refractivity contribution in [1.82, 2.24) is 0 Å². The van der Waals surface area contributed by atoms with E-state index < -0.39 is 0 Å². The van der Waals surface area contributed by atoms with Crippen molar-refractivity contribution < 1.29 is 14.3 Å². The van der Waals surface area contributed by atoms with Crippen LogP contribution in [0.15, 0.2) is 88.7 Å². The average Bonchev–Trinajstić information content (AvgIpc) is 2.94. The van der Waals surface area contributed by atoms with Gasteiger partial charge in [0.1, 0.15) is 18.1 Å². The molecule has 0 fully saturated rings. The molecule has 39 heavy (non-hydrogen) atoms. The Labute approximate surface area is 239 Å². The van der Waals surface area contributed by atoms with E-state index in [0.717, 1.165) is 55.0 Å². The van der Waals surface area contributed by atoms with Gasteiger partial charge in [0.2, 0.25) is 0 Å². The van der Waals surface area contributed by atoms with Crippen molar-refractivity contribution in [3.05, 3.63) is 112 Å². The normalized spacial score (nSPS) is 12.2. The van der Waals surface area contributed by atoms with E-state index in [1.807, 2.05) is 79.7 Å². The monoisotopic (exact) mass is 555 g/mol. The molecule has 4 aromatic carbocycles. The number of hydrogen-bond acceptors (Lipinski definition) is 5. The number of aryl methyl sites for hydroxylation is 1. The molecule has 0 radical (unpaired) electrons. The molecule has 0 atom stereocenters. The Morgan fingerprint density at radius 3 is 2.56 bits per heavy atom. The number of benzene rings is 4. The summed E-state index contributed by atoms with van der Waals surface area (Å²) < 4.78 is 11.8. The van der Waals surface area contributed by atoms with Crippen LogP contribution in [-0.2, 0) is 6.61 Å². The van der Waals surface area contributed by atoms with Crippen molar-refractivity contribution in [2.45, 2.75) is 43.1 Å². The number of rotatable bonds is 8. The molecule has 0 saturated heterocycles. The number of anilines is 2. The zero-order valence-corrected chi connectivity index (χ0v) is 24.0. The highest BCUT2D eigenvalue weighted by atomic mass is 35.5. The van der Waals surface area contributed by atoms with Crippen LogP contribution in [0.4, 0.5) is 11.4 Å². The fourth-order valence-corrected chi connectivity index (χ4v) is 5.62. The molecule has 4 nitrogen and oxygen atoms in total. The minimum atomic E-state index is -0.0599. The van der Waals surface area contributed by atoms with Crippen LogP contribution in [0.5, 0.6) is 11.5 Å². The molecule has 5 rings (SSSR count). The molecular formula is C33H30ClNO3S. The Hall–Kier alpha value is -3.67. The number of fused-ring (bicyclic) bond motifs is 2. The quantitative estimate of drug-likeness (QED) is 0.153. The van der Waals surface area contributed by atoms with E-state index in [1.54, 1.807) is 24.9 Å². The first-order valence-electron chi connectivity index (χ1n) is 12.8. The van der Waals surface area contributed by atoms with Gasteiger partial charge in [0, 0.05) is 25.9 Å². The summed E-state index contributed by atoms with van der Waals surface area (Å²) >= 11 is 8.06. The summed E-state index contributed by atoms with van der Waals surface area (Å²) in [5, 5.41) is 4.18. The second kappa shape index (κ2) is 11.6. The van der Waals surface area contributed by atoms with E-state index in [9.17, 15) is 4.79 Å². The molecular weight excluding hydrogens is 526 g/mol. The first-order valence-corrected chi connectivity index (χ1v) is 14.0. The number of halogens is 1. The predicted octanol–water partition coefficient (Wildman–Crippen LogP) is 9.46. The molecule has 0 unspecified atom stereocenters. The number of carbonyl (C=O) groups is 1. The fourth-order valence-electron chi connectivity index (χ4n) is 4.48. The minimum absolute atomic E-state index is 0.0599. The maximum Gasteiger partial charge on any atom is 0.185 e. The molecule has 1 aliphatic heterocycles. The molecule has 0 spiro atoms. The molecule has 0 saturated carbocycles. The van der Waals surface area contributed by atoms with Gasteiger partial charge in [-0.2, -0.15) is 0 Å². The molecule has 4 aromatic rings. The maximum atomic E-state index is 13.0. The van der Waals surface area contributed by atoms with Gasteiger partial charge in [0.15, 0.2) is 5.78 Å². The second-order valence-electron chi connectivity index (χ2n) is 9.79. The first kappa shape index (κ1) is 26.9. The molecule has 0 amide bonds. The summed E-state index contributed by atoms with van der Waals surface area (Å²) in [6.07, 6.45) is 3.44. The lowest BCUT2D eigenvalue weighted by atomic mass is 10.0. The highest BCUT2D eigenvalue weighted by Gasteiger charge is 2.17. The predicted molar refractivity (Wildman–Crippen MR) is 161 cm³/mol. The van der Waals surface area contributed by atoms with Crippen molar-refractivity contribution in [2.75, 3.05) is 12.4 Å². The van der Waals surface area contributed by atoms with E-state index >= 15 is 0 Å². The highest BCUT2D eigenvalue weighted by molar-refractivity contribution is 7.99. The van der Waals surface area contributed by atoms with Crippen molar-refractivity contribution in [3.8, 4) is 11.5 Å². The number of ether oxygens (including phenoxy) is 2. The lowest BCUT2D eigenvalue weighted by Gasteiger charge is -2.20. The third-order valence-electron chi connectivity index (χ3n) is 6.67.